The molecule has 0 spiro atoms. The minimum Gasteiger partial charge on any atom is -0.497 e. The zero-order chi connectivity index (χ0) is 21.7. The molecule has 0 aliphatic rings. The third kappa shape index (κ3) is 4.75. The summed E-state index contributed by atoms with van der Waals surface area (Å²) in [7, 11) is 2.95. The van der Waals surface area contributed by atoms with Crippen LogP contribution in [0, 0.1) is 6.92 Å². The predicted octanol–water partition coefficient (Wildman–Crippen LogP) is 1.49. The molecule has 2 aromatic heterocycles. The van der Waals surface area contributed by atoms with Crippen LogP contribution in [0.2, 0.25) is 0 Å². The first-order chi connectivity index (χ1) is 14.4. The van der Waals surface area contributed by atoms with Gasteiger partial charge >= 0.3 is 5.97 Å². The highest BCUT2D eigenvalue weighted by molar-refractivity contribution is 5.96. The van der Waals surface area contributed by atoms with E-state index in [4.69, 9.17) is 14.2 Å². The van der Waals surface area contributed by atoms with Crippen molar-refractivity contribution in [3.8, 4) is 11.5 Å². The summed E-state index contributed by atoms with van der Waals surface area (Å²) in [5.74, 6) is -0.247. The Morgan fingerprint density at radius 3 is 2.43 bits per heavy atom. The van der Waals surface area contributed by atoms with E-state index < -0.39 is 11.9 Å². The number of nitrogens with one attached hydrogen (secondary N) is 1. The van der Waals surface area contributed by atoms with Crippen molar-refractivity contribution in [2.24, 2.45) is 0 Å². The minimum absolute atomic E-state index is 0.179. The van der Waals surface area contributed by atoms with Crippen molar-refractivity contribution in [1.82, 2.24) is 14.7 Å². The molecular formula is C21H21N3O6. The molecule has 0 aliphatic heterocycles. The van der Waals surface area contributed by atoms with Crippen LogP contribution in [-0.4, -0.2) is 42.0 Å². The number of carbonyl (C=O) groups excluding carboxylic acids is 2. The molecule has 0 saturated carbocycles. The van der Waals surface area contributed by atoms with Crippen LogP contribution in [0.4, 0.5) is 0 Å². The quantitative estimate of drug-likeness (QED) is 0.587. The van der Waals surface area contributed by atoms with Gasteiger partial charge in [0.25, 0.3) is 11.5 Å². The van der Waals surface area contributed by atoms with Crippen LogP contribution < -0.4 is 20.3 Å². The van der Waals surface area contributed by atoms with Gasteiger partial charge in [0.15, 0.2) is 0 Å². The number of fused-ring (bicyclic) bond motifs is 1. The van der Waals surface area contributed by atoms with Crippen molar-refractivity contribution in [1.29, 1.82) is 0 Å². The van der Waals surface area contributed by atoms with Crippen molar-refractivity contribution in [2.45, 2.75) is 13.5 Å². The topological polar surface area (TPSA) is 108 Å². The van der Waals surface area contributed by atoms with E-state index in [2.05, 4.69) is 10.3 Å². The molecule has 3 rings (SSSR count). The highest BCUT2D eigenvalue weighted by Crippen LogP contribution is 2.22. The van der Waals surface area contributed by atoms with Gasteiger partial charge in [0, 0.05) is 23.4 Å². The summed E-state index contributed by atoms with van der Waals surface area (Å²) in [6, 6.07) is 11.3. The SMILES string of the molecule is COc1cc(OC)cc(C(=O)NCC(=O)OCc2cc(=O)n3c(C)cccc3n2)c1. The monoisotopic (exact) mass is 411 g/mol. The third-order valence-electron chi connectivity index (χ3n) is 4.32. The van der Waals surface area contributed by atoms with Gasteiger partial charge < -0.3 is 19.5 Å². The number of ether oxygens (including phenoxy) is 3. The second-order valence-corrected chi connectivity index (χ2v) is 6.39. The minimum atomic E-state index is -0.663. The number of nitrogens with zero attached hydrogens (tertiary/aromatic N) is 2. The van der Waals surface area contributed by atoms with Gasteiger partial charge in [-0.3, -0.25) is 18.8 Å². The highest BCUT2D eigenvalue weighted by atomic mass is 16.5. The molecular weight excluding hydrogens is 390 g/mol. The van der Waals surface area contributed by atoms with Crippen LogP contribution in [0.15, 0.2) is 47.3 Å². The summed E-state index contributed by atoms with van der Waals surface area (Å²) in [6.45, 7) is 1.28. The zero-order valence-corrected chi connectivity index (χ0v) is 16.8. The molecule has 1 amide bonds. The molecule has 0 atom stereocenters. The summed E-state index contributed by atoms with van der Waals surface area (Å²) in [5, 5.41) is 2.48. The standard InChI is InChI=1S/C21H21N3O6/c1-13-5-4-6-18-23-15(9-19(25)24(13)18)12-30-20(26)11-22-21(27)14-7-16(28-2)10-17(8-14)29-3/h4-10H,11-12H2,1-3H3,(H,22,27). The largest absolute Gasteiger partial charge is 0.497 e. The first-order valence-corrected chi connectivity index (χ1v) is 9.06. The second kappa shape index (κ2) is 9.08. The average molecular weight is 411 g/mol. The Kier molecular flexibility index (Phi) is 6.31. The third-order valence-corrected chi connectivity index (χ3v) is 4.32. The summed E-state index contributed by atoms with van der Waals surface area (Å²) < 4.78 is 16.8. The fourth-order valence-electron chi connectivity index (χ4n) is 2.84. The number of methoxy groups -OCH3 is 2. The van der Waals surface area contributed by atoms with Gasteiger partial charge in [-0.15, -0.1) is 0 Å². The van der Waals surface area contributed by atoms with Gasteiger partial charge in [-0.2, -0.15) is 0 Å². The van der Waals surface area contributed by atoms with E-state index in [1.54, 1.807) is 31.2 Å². The summed E-state index contributed by atoms with van der Waals surface area (Å²) in [4.78, 5) is 40.9. The Hall–Kier alpha value is -3.88. The molecule has 0 saturated heterocycles. The lowest BCUT2D eigenvalue weighted by atomic mass is 10.2. The molecule has 156 valence electrons. The summed E-state index contributed by atoms with van der Waals surface area (Å²) in [5.41, 5.74) is 1.56. The molecule has 9 heteroatoms. The Bertz CT molecular complexity index is 1130. The lowest BCUT2D eigenvalue weighted by Gasteiger charge is -2.10. The molecule has 0 fully saturated rings. The lowest BCUT2D eigenvalue weighted by Crippen LogP contribution is -2.30. The maximum absolute atomic E-state index is 12.3. The first kappa shape index (κ1) is 20.8. The number of amides is 1. The number of carbonyl (C=O) groups is 2. The van der Waals surface area contributed by atoms with Crippen LogP contribution in [0.5, 0.6) is 11.5 Å². The van der Waals surface area contributed by atoms with Crippen molar-refractivity contribution in [3.63, 3.8) is 0 Å². The number of esters is 1. The molecule has 30 heavy (non-hydrogen) atoms. The van der Waals surface area contributed by atoms with Gasteiger partial charge in [0.2, 0.25) is 0 Å². The average Bonchev–Trinajstić information content (AvgIpc) is 2.75. The summed E-state index contributed by atoms with van der Waals surface area (Å²) in [6.07, 6.45) is 0. The number of benzene rings is 1. The molecule has 0 unspecified atom stereocenters. The normalized spacial score (nSPS) is 10.5. The maximum Gasteiger partial charge on any atom is 0.325 e. The summed E-state index contributed by atoms with van der Waals surface area (Å²) >= 11 is 0. The zero-order valence-electron chi connectivity index (χ0n) is 16.8. The number of hydrogen-bond acceptors (Lipinski definition) is 7. The van der Waals surface area contributed by atoms with Crippen LogP contribution in [0.1, 0.15) is 21.7 Å². The molecule has 2 heterocycles. The van der Waals surface area contributed by atoms with Crippen molar-refractivity contribution < 1.29 is 23.8 Å². The number of aromatic nitrogens is 2. The van der Waals surface area contributed by atoms with Gasteiger partial charge in [0.1, 0.15) is 30.3 Å². The predicted molar refractivity (Wildman–Crippen MR) is 108 cm³/mol. The van der Waals surface area contributed by atoms with E-state index in [0.717, 1.165) is 5.69 Å². The fourth-order valence-corrected chi connectivity index (χ4v) is 2.84. The number of pyridine rings is 1. The van der Waals surface area contributed by atoms with Gasteiger partial charge in [-0.25, -0.2) is 4.98 Å². The smallest absolute Gasteiger partial charge is 0.325 e. The molecule has 0 bridgehead atoms. The van der Waals surface area contributed by atoms with E-state index in [0.29, 0.717) is 22.8 Å². The highest BCUT2D eigenvalue weighted by Gasteiger charge is 2.13. The molecule has 1 N–H and O–H groups in total. The van der Waals surface area contributed by atoms with Gasteiger partial charge in [0.05, 0.1) is 19.9 Å². The van der Waals surface area contributed by atoms with Crippen molar-refractivity contribution >= 4 is 17.5 Å². The Morgan fingerprint density at radius 1 is 1.07 bits per heavy atom. The number of rotatable bonds is 7. The Morgan fingerprint density at radius 2 is 1.77 bits per heavy atom. The first-order valence-electron chi connectivity index (χ1n) is 9.06. The van der Waals surface area contributed by atoms with Crippen LogP contribution in [0.3, 0.4) is 0 Å². The maximum atomic E-state index is 12.3. The molecule has 1 aromatic carbocycles. The van der Waals surface area contributed by atoms with E-state index in [-0.39, 0.29) is 24.3 Å². The Labute approximate surface area is 172 Å². The van der Waals surface area contributed by atoms with Crippen molar-refractivity contribution in [2.75, 3.05) is 20.8 Å². The molecule has 0 radical (unpaired) electrons. The molecule has 9 nitrogen and oxygen atoms in total. The number of aryl methyl sites for hydroxylation is 1. The fraction of sp³-hybridized carbons (Fsp3) is 0.238. The van der Waals surface area contributed by atoms with Crippen LogP contribution in [0.25, 0.3) is 5.65 Å². The van der Waals surface area contributed by atoms with E-state index in [9.17, 15) is 14.4 Å². The molecule has 3 aromatic rings. The molecule has 0 aliphatic carbocycles. The lowest BCUT2D eigenvalue weighted by molar-refractivity contribution is -0.143. The van der Waals surface area contributed by atoms with Crippen LogP contribution in [-0.2, 0) is 16.1 Å². The van der Waals surface area contributed by atoms with Crippen molar-refractivity contribution in [3.05, 3.63) is 69.8 Å². The van der Waals surface area contributed by atoms with Crippen LogP contribution >= 0.6 is 0 Å². The van der Waals surface area contributed by atoms with Gasteiger partial charge in [-0.05, 0) is 31.2 Å². The van der Waals surface area contributed by atoms with E-state index in [1.165, 1.54) is 36.8 Å². The van der Waals surface area contributed by atoms with Gasteiger partial charge in [-0.1, -0.05) is 6.07 Å². The second-order valence-electron chi connectivity index (χ2n) is 6.39. The Balaban J connectivity index is 1.60. The van der Waals surface area contributed by atoms with E-state index >= 15 is 0 Å². The van der Waals surface area contributed by atoms with E-state index in [1.807, 2.05) is 0 Å². The number of hydrogen-bond donors (Lipinski definition) is 1.